The quantitative estimate of drug-likeness (QED) is 0.659. The third-order valence-electron chi connectivity index (χ3n) is 4.54. The number of carbonyl (C=O) groups excluding carboxylic acids is 2. The van der Waals surface area contributed by atoms with Gasteiger partial charge in [0.05, 0.1) is 6.54 Å². The molecule has 0 spiro atoms. The van der Waals surface area contributed by atoms with Gasteiger partial charge in [-0.25, -0.2) is 4.79 Å². The molecule has 0 unspecified atom stereocenters. The van der Waals surface area contributed by atoms with Crippen molar-refractivity contribution in [1.29, 1.82) is 0 Å². The van der Waals surface area contributed by atoms with E-state index in [0.717, 1.165) is 10.1 Å². The van der Waals surface area contributed by atoms with Crippen molar-refractivity contribution in [1.82, 2.24) is 9.13 Å². The predicted molar refractivity (Wildman–Crippen MR) is 101 cm³/mol. The summed E-state index contributed by atoms with van der Waals surface area (Å²) in [4.78, 5) is 47.7. The van der Waals surface area contributed by atoms with Crippen molar-refractivity contribution in [2.45, 2.75) is 45.2 Å². The van der Waals surface area contributed by atoms with Gasteiger partial charge in [-0.2, -0.15) is 0 Å². The molecule has 0 saturated carbocycles. The van der Waals surface area contributed by atoms with Crippen LogP contribution in [0.3, 0.4) is 0 Å². The van der Waals surface area contributed by atoms with Crippen LogP contribution in [0.1, 0.15) is 32.1 Å². The first-order valence-electron chi connectivity index (χ1n) is 9.17. The van der Waals surface area contributed by atoms with Crippen molar-refractivity contribution in [3.05, 3.63) is 69.0 Å². The molecule has 0 bridgehead atoms. The SMILES string of the molecule is CC(=O)OC[C@H]1O[C@@H](n2ccc(=O)n(Cc3ccccc3)c2=O)C[C@@H]1OC(C)=O. The van der Waals surface area contributed by atoms with Crippen LogP contribution in [-0.2, 0) is 30.3 Å². The van der Waals surface area contributed by atoms with Gasteiger partial charge in [0.2, 0.25) is 0 Å². The summed E-state index contributed by atoms with van der Waals surface area (Å²) in [5, 5.41) is 0. The highest BCUT2D eigenvalue weighted by Gasteiger charge is 2.39. The van der Waals surface area contributed by atoms with Gasteiger partial charge in [0, 0.05) is 32.5 Å². The third kappa shape index (κ3) is 5.00. The molecule has 0 aliphatic carbocycles. The molecular formula is C20H22N2O7. The molecule has 3 atom stereocenters. The highest BCUT2D eigenvalue weighted by atomic mass is 16.6. The zero-order chi connectivity index (χ0) is 21.0. The molecule has 1 saturated heterocycles. The zero-order valence-corrected chi connectivity index (χ0v) is 16.1. The van der Waals surface area contributed by atoms with Crippen LogP contribution in [0.25, 0.3) is 0 Å². The van der Waals surface area contributed by atoms with Crippen molar-refractivity contribution in [2.24, 2.45) is 0 Å². The maximum absolute atomic E-state index is 12.9. The molecule has 1 aromatic heterocycles. The van der Waals surface area contributed by atoms with Crippen molar-refractivity contribution < 1.29 is 23.8 Å². The van der Waals surface area contributed by atoms with Gasteiger partial charge in [0.25, 0.3) is 5.56 Å². The summed E-state index contributed by atoms with van der Waals surface area (Å²) in [5.74, 6) is -0.999. The van der Waals surface area contributed by atoms with E-state index in [4.69, 9.17) is 14.2 Å². The van der Waals surface area contributed by atoms with Crippen LogP contribution >= 0.6 is 0 Å². The number of rotatable bonds is 6. The number of carbonyl (C=O) groups is 2. The minimum absolute atomic E-state index is 0.109. The normalized spacial score (nSPS) is 21.0. The van der Waals surface area contributed by atoms with Crippen molar-refractivity contribution in [2.75, 3.05) is 6.61 Å². The molecule has 1 aromatic carbocycles. The van der Waals surface area contributed by atoms with Crippen molar-refractivity contribution >= 4 is 11.9 Å². The highest BCUT2D eigenvalue weighted by Crippen LogP contribution is 2.30. The Labute approximate surface area is 166 Å². The predicted octanol–water partition coefficient (Wildman–Crippen LogP) is 0.841. The fourth-order valence-electron chi connectivity index (χ4n) is 3.22. The zero-order valence-electron chi connectivity index (χ0n) is 16.1. The van der Waals surface area contributed by atoms with Crippen LogP contribution in [-0.4, -0.2) is 39.9 Å². The average Bonchev–Trinajstić information content (AvgIpc) is 3.06. The Morgan fingerprint density at radius 3 is 2.48 bits per heavy atom. The fourth-order valence-corrected chi connectivity index (χ4v) is 3.22. The van der Waals surface area contributed by atoms with Gasteiger partial charge in [-0.15, -0.1) is 0 Å². The van der Waals surface area contributed by atoms with Crippen LogP contribution in [0, 0.1) is 0 Å². The molecule has 29 heavy (non-hydrogen) atoms. The molecule has 2 aromatic rings. The molecule has 1 aliphatic rings. The molecule has 0 radical (unpaired) electrons. The van der Waals surface area contributed by atoms with E-state index >= 15 is 0 Å². The summed E-state index contributed by atoms with van der Waals surface area (Å²) in [6.45, 7) is 2.54. The van der Waals surface area contributed by atoms with Gasteiger partial charge in [-0.3, -0.25) is 23.5 Å². The molecule has 9 heteroatoms. The third-order valence-corrected chi connectivity index (χ3v) is 4.54. The van der Waals surface area contributed by atoms with E-state index in [-0.39, 0.29) is 19.6 Å². The van der Waals surface area contributed by atoms with Gasteiger partial charge in [-0.1, -0.05) is 30.3 Å². The van der Waals surface area contributed by atoms with Crippen LogP contribution in [0.15, 0.2) is 52.2 Å². The van der Waals surface area contributed by atoms with E-state index in [1.165, 1.54) is 30.7 Å². The number of esters is 2. The average molecular weight is 402 g/mol. The minimum atomic E-state index is -0.768. The first-order chi connectivity index (χ1) is 13.8. The number of hydrogen-bond acceptors (Lipinski definition) is 7. The van der Waals surface area contributed by atoms with E-state index in [1.54, 1.807) is 0 Å². The Hall–Kier alpha value is -3.20. The number of benzene rings is 1. The smallest absolute Gasteiger partial charge is 0.333 e. The Kier molecular flexibility index (Phi) is 6.28. The van der Waals surface area contributed by atoms with Crippen LogP contribution in [0.4, 0.5) is 0 Å². The lowest BCUT2D eigenvalue weighted by atomic mass is 10.2. The van der Waals surface area contributed by atoms with Gasteiger partial charge < -0.3 is 14.2 Å². The fraction of sp³-hybridized carbons (Fsp3) is 0.400. The first-order valence-corrected chi connectivity index (χ1v) is 9.17. The highest BCUT2D eigenvalue weighted by molar-refractivity contribution is 5.66. The summed E-state index contributed by atoms with van der Waals surface area (Å²) < 4.78 is 18.5. The lowest BCUT2D eigenvalue weighted by Gasteiger charge is -2.18. The van der Waals surface area contributed by atoms with Gasteiger partial charge >= 0.3 is 17.6 Å². The van der Waals surface area contributed by atoms with Crippen LogP contribution in [0.2, 0.25) is 0 Å². The number of ether oxygens (including phenoxy) is 3. The molecule has 0 N–H and O–H groups in total. The molecular weight excluding hydrogens is 380 g/mol. The molecule has 0 amide bonds. The second-order valence-electron chi connectivity index (χ2n) is 6.73. The number of nitrogens with zero attached hydrogens (tertiary/aromatic N) is 2. The molecule has 2 heterocycles. The van der Waals surface area contributed by atoms with Crippen molar-refractivity contribution in [3.8, 4) is 0 Å². The maximum Gasteiger partial charge on any atom is 0.333 e. The lowest BCUT2D eigenvalue weighted by molar-refractivity contribution is -0.155. The summed E-state index contributed by atoms with van der Waals surface area (Å²) in [6, 6.07) is 10.4. The first kappa shape index (κ1) is 20.5. The summed E-state index contributed by atoms with van der Waals surface area (Å²) in [6.07, 6.45) is -0.618. The second-order valence-corrected chi connectivity index (χ2v) is 6.73. The summed E-state index contributed by atoms with van der Waals surface area (Å²) in [5.41, 5.74) is -0.163. The molecule has 3 rings (SSSR count). The maximum atomic E-state index is 12.9. The Morgan fingerprint density at radius 2 is 1.83 bits per heavy atom. The molecule has 1 fully saturated rings. The van der Waals surface area contributed by atoms with Crippen LogP contribution in [0.5, 0.6) is 0 Å². The van der Waals surface area contributed by atoms with Gasteiger partial charge in [0.15, 0.2) is 0 Å². The summed E-state index contributed by atoms with van der Waals surface area (Å²) >= 11 is 0. The van der Waals surface area contributed by atoms with E-state index in [9.17, 15) is 19.2 Å². The standard InChI is InChI=1S/C20H22N2O7/c1-13(23)27-12-17-16(28-14(2)24)10-19(29-17)21-9-8-18(25)22(20(21)26)11-15-6-4-3-5-7-15/h3-9,16-17,19H,10-12H2,1-2H3/t16-,17+,19+/m0/s1. The minimum Gasteiger partial charge on any atom is -0.463 e. The molecule has 1 aliphatic heterocycles. The largest absolute Gasteiger partial charge is 0.463 e. The van der Waals surface area contributed by atoms with E-state index < -0.39 is 41.6 Å². The number of hydrogen-bond donors (Lipinski definition) is 0. The van der Waals surface area contributed by atoms with Crippen LogP contribution < -0.4 is 11.2 Å². The van der Waals surface area contributed by atoms with E-state index in [2.05, 4.69) is 0 Å². The Balaban J connectivity index is 1.86. The van der Waals surface area contributed by atoms with Gasteiger partial charge in [0.1, 0.15) is 25.0 Å². The second kappa shape index (κ2) is 8.87. The lowest BCUT2D eigenvalue weighted by Crippen LogP contribution is -2.40. The molecule has 154 valence electrons. The van der Waals surface area contributed by atoms with Crippen molar-refractivity contribution in [3.63, 3.8) is 0 Å². The Morgan fingerprint density at radius 1 is 1.10 bits per heavy atom. The monoisotopic (exact) mass is 402 g/mol. The Bertz CT molecular complexity index is 996. The van der Waals surface area contributed by atoms with E-state index in [0.29, 0.717) is 0 Å². The topological polar surface area (TPSA) is 106 Å². The van der Waals surface area contributed by atoms with Gasteiger partial charge in [-0.05, 0) is 5.56 Å². The number of aromatic nitrogens is 2. The van der Waals surface area contributed by atoms with E-state index in [1.807, 2.05) is 30.3 Å². The summed E-state index contributed by atoms with van der Waals surface area (Å²) in [7, 11) is 0. The molecule has 9 nitrogen and oxygen atoms in total.